The minimum Gasteiger partial charge on any atom is -0.489 e. The Bertz CT molecular complexity index is 1030. The highest BCUT2D eigenvalue weighted by molar-refractivity contribution is 5.96. The van der Waals surface area contributed by atoms with E-state index >= 15 is 0 Å². The van der Waals surface area contributed by atoms with E-state index in [9.17, 15) is 9.59 Å². The van der Waals surface area contributed by atoms with Crippen LogP contribution in [-0.2, 0) is 11.4 Å². The summed E-state index contributed by atoms with van der Waals surface area (Å²) in [5.74, 6) is 1.08. The van der Waals surface area contributed by atoms with Crippen LogP contribution in [0.3, 0.4) is 0 Å². The van der Waals surface area contributed by atoms with Crippen molar-refractivity contribution in [2.45, 2.75) is 19.4 Å². The van der Waals surface area contributed by atoms with Crippen LogP contribution >= 0.6 is 0 Å². The molecule has 1 fully saturated rings. The topological polar surface area (TPSA) is 67.9 Å². The summed E-state index contributed by atoms with van der Waals surface area (Å²) in [4.78, 5) is 26.5. The lowest BCUT2D eigenvalue weighted by molar-refractivity contribution is -0.118. The van der Waals surface area contributed by atoms with Gasteiger partial charge in [0.25, 0.3) is 11.8 Å². The maximum absolute atomic E-state index is 12.4. The molecular formula is C26H26N2O4. The number of carbonyl (C=O) groups is 2. The number of rotatable bonds is 8. The number of benzene rings is 3. The Morgan fingerprint density at radius 2 is 1.41 bits per heavy atom. The highest BCUT2D eigenvalue weighted by Gasteiger charge is 2.19. The molecule has 1 aliphatic rings. The van der Waals surface area contributed by atoms with Crippen molar-refractivity contribution in [3.05, 3.63) is 90.0 Å². The second-order valence-corrected chi connectivity index (χ2v) is 7.66. The molecular weight excluding hydrogens is 404 g/mol. The van der Waals surface area contributed by atoms with Crippen LogP contribution in [0.15, 0.2) is 78.9 Å². The van der Waals surface area contributed by atoms with Gasteiger partial charge in [-0.3, -0.25) is 9.59 Å². The lowest BCUT2D eigenvalue weighted by Gasteiger charge is -2.15. The normalized spacial score (nSPS) is 12.9. The van der Waals surface area contributed by atoms with Gasteiger partial charge in [-0.15, -0.1) is 0 Å². The third kappa shape index (κ3) is 5.88. The van der Waals surface area contributed by atoms with Crippen molar-refractivity contribution < 1.29 is 19.1 Å². The SMILES string of the molecule is O=C(COc1ccc(OCc2ccccc2)cc1)Nc1ccc(C(=O)N2CCCC2)cc1. The zero-order valence-corrected chi connectivity index (χ0v) is 17.8. The van der Waals surface area contributed by atoms with Gasteiger partial charge in [0.05, 0.1) is 0 Å². The van der Waals surface area contributed by atoms with E-state index in [1.807, 2.05) is 47.4 Å². The van der Waals surface area contributed by atoms with Crippen molar-refractivity contribution in [2.75, 3.05) is 25.0 Å². The molecule has 0 atom stereocenters. The zero-order chi connectivity index (χ0) is 22.2. The van der Waals surface area contributed by atoms with Crippen molar-refractivity contribution in [3.63, 3.8) is 0 Å². The van der Waals surface area contributed by atoms with Crippen molar-refractivity contribution in [1.82, 2.24) is 4.90 Å². The molecule has 0 spiro atoms. The smallest absolute Gasteiger partial charge is 0.262 e. The van der Waals surface area contributed by atoms with Crippen molar-refractivity contribution in [2.24, 2.45) is 0 Å². The van der Waals surface area contributed by atoms with Crippen molar-refractivity contribution in [3.8, 4) is 11.5 Å². The summed E-state index contributed by atoms with van der Waals surface area (Å²) in [6.45, 7) is 2.01. The van der Waals surface area contributed by atoms with E-state index < -0.39 is 0 Å². The molecule has 0 bridgehead atoms. The van der Waals surface area contributed by atoms with Gasteiger partial charge in [-0.25, -0.2) is 0 Å². The molecule has 0 radical (unpaired) electrons. The third-order valence-electron chi connectivity index (χ3n) is 5.25. The average molecular weight is 431 g/mol. The standard InChI is InChI=1S/C26H26N2O4/c29-25(27-22-10-8-21(9-11-22)26(30)28-16-4-5-17-28)19-32-24-14-12-23(13-15-24)31-18-20-6-2-1-3-7-20/h1-3,6-15H,4-5,16-19H2,(H,27,29). The largest absolute Gasteiger partial charge is 0.489 e. The first-order chi connectivity index (χ1) is 15.7. The van der Waals surface area contributed by atoms with Crippen LogP contribution in [0.25, 0.3) is 0 Å². The van der Waals surface area contributed by atoms with E-state index in [0.29, 0.717) is 23.6 Å². The number of hydrogen-bond acceptors (Lipinski definition) is 4. The summed E-state index contributed by atoms with van der Waals surface area (Å²) < 4.78 is 11.3. The van der Waals surface area contributed by atoms with E-state index in [2.05, 4.69) is 5.32 Å². The molecule has 4 rings (SSSR count). The molecule has 1 aliphatic heterocycles. The molecule has 0 saturated carbocycles. The predicted molar refractivity (Wildman–Crippen MR) is 123 cm³/mol. The van der Waals surface area contributed by atoms with Crippen molar-refractivity contribution >= 4 is 17.5 Å². The quantitative estimate of drug-likeness (QED) is 0.571. The van der Waals surface area contributed by atoms with E-state index in [1.54, 1.807) is 36.4 Å². The molecule has 164 valence electrons. The molecule has 3 aromatic rings. The predicted octanol–water partition coefficient (Wildman–Crippen LogP) is 4.52. The van der Waals surface area contributed by atoms with E-state index in [0.717, 1.165) is 37.2 Å². The Labute approximate surface area is 187 Å². The first kappa shape index (κ1) is 21.4. The van der Waals surface area contributed by atoms with Crippen molar-refractivity contribution in [1.29, 1.82) is 0 Å². The first-order valence-electron chi connectivity index (χ1n) is 10.8. The minimum absolute atomic E-state index is 0.0416. The van der Waals surface area contributed by atoms with Crippen LogP contribution in [0.2, 0.25) is 0 Å². The third-order valence-corrected chi connectivity index (χ3v) is 5.25. The Morgan fingerprint density at radius 1 is 0.781 bits per heavy atom. The minimum atomic E-state index is -0.270. The van der Waals surface area contributed by atoms with Gasteiger partial charge in [0.1, 0.15) is 18.1 Å². The van der Waals surface area contributed by atoms with Crippen LogP contribution in [0, 0.1) is 0 Å². The van der Waals surface area contributed by atoms with Gasteiger partial charge in [0.2, 0.25) is 0 Å². The number of nitrogens with zero attached hydrogens (tertiary/aromatic N) is 1. The van der Waals surface area contributed by atoms with Crippen LogP contribution < -0.4 is 14.8 Å². The van der Waals surface area contributed by atoms with Gasteiger partial charge in [0, 0.05) is 24.3 Å². The Balaban J connectivity index is 1.22. The number of hydrogen-bond donors (Lipinski definition) is 1. The number of amides is 2. The molecule has 6 nitrogen and oxygen atoms in total. The number of anilines is 1. The van der Waals surface area contributed by atoms with Gasteiger partial charge < -0.3 is 19.7 Å². The second kappa shape index (κ2) is 10.5. The van der Waals surface area contributed by atoms with E-state index in [1.165, 1.54) is 0 Å². The van der Waals surface area contributed by atoms with Gasteiger partial charge >= 0.3 is 0 Å². The molecule has 32 heavy (non-hydrogen) atoms. The van der Waals surface area contributed by atoms with E-state index in [4.69, 9.17) is 9.47 Å². The molecule has 1 saturated heterocycles. The molecule has 0 aliphatic carbocycles. The molecule has 2 amide bonds. The number of ether oxygens (including phenoxy) is 2. The fraction of sp³-hybridized carbons (Fsp3) is 0.231. The summed E-state index contributed by atoms with van der Waals surface area (Å²) in [6, 6.07) is 24.1. The highest BCUT2D eigenvalue weighted by Crippen LogP contribution is 2.19. The summed E-state index contributed by atoms with van der Waals surface area (Å²) in [5.41, 5.74) is 2.36. The first-order valence-corrected chi connectivity index (χ1v) is 10.8. The van der Waals surface area contributed by atoms with E-state index in [-0.39, 0.29) is 18.4 Å². The number of carbonyl (C=O) groups excluding carboxylic acids is 2. The van der Waals surface area contributed by atoms with Gasteiger partial charge in [-0.1, -0.05) is 30.3 Å². The Morgan fingerprint density at radius 3 is 2.06 bits per heavy atom. The summed E-state index contributed by atoms with van der Waals surface area (Å²) >= 11 is 0. The van der Waals surface area contributed by atoms with Gasteiger partial charge in [-0.05, 0) is 66.9 Å². The number of nitrogens with one attached hydrogen (secondary N) is 1. The lowest BCUT2D eigenvalue weighted by Crippen LogP contribution is -2.27. The van der Waals surface area contributed by atoms with Crippen LogP contribution in [0.1, 0.15) is 28.8 Å². The molecule has 0 unspecified atom stereocenters. The van der Waals surface area contributed by atoms with Gasteiger partial charge in [0.15, 0.2) is 6.61 Å². The number of likely N-dealkylation sites (tertiary alicyclic amines) is 1. The second-order valence-electron chi connectivity index (χ2n) is 7.66. The Kier molecular flexibility index (Phi) is 7.02. The summed E-state index contributed by atoms with van der Waals surface area (Å²) in [7, 11) is 0. The maximum atomic E-state index is 12.4. The zero-order valence-electron chi connectivity index (χ0n) is 17.8. The van der Waals surface area contributed by atoms with Crippen LogP contribution in [-0.4, -0.2) is 36.4 Å². The fourth-order valence-corrected chi connectivity index (χ4v) is 3.52. The van der Waals surface area contributed by atoms with Gasteiger partial charge in [-0.2, -0.15) is 0 Å². The lowest BCUT2D eigenvalue weighted by atomic mass is 10.2. The summed E-state index contributed by atoms with van der Waals surface area (Å²) in [5, 5.41) is 2.78. The Hall–Kier alpha value is -3.80. The maximum Gasteiger partial charge on any atom is 0.262 e. The molecule has 1 N–H and O–H groups in total. The summed E-state index contributed by atoms with van der Waals surface area (Å²) in [6.07, 6.45) is 2.12. The average Bonchev–Trinajstić information content (AvgIpc) is 3.38. The van der Waals surface area contributed by atoms with Crippen LogP contribution in [0.5, 0.6) is 11.5 Å². The molecule has 3 aromatic carbocycles. The fourth-order valence-electron chi connectivity index (χ4n) is 3.52. The highest BCUT2D eigenvalue weighted by atomic mass is 16.5. The van der Waals surface area contributed by atoms with Crippen LogP contribution in [0.4, 0.5) is 5.69 Å². The molecule has 0 aromatic heterocycles. The molecule has 6 heteroatoms. The molecule has 1 heterocycles. The monoisotopic (exact) mass is 430 g/mol.